The van der Waals surface area contributed by atoms with E-state index in [-0.39, 0.29) is 12.1 Å². The van der Waals surface area contributed by atoms with Gasteiger partial charge >= 0.3 is 0 Å². The van der Waals surface area contributed by atoms with Crippen LogP contribution in [0.3, 0.4) is 0 Å². The van der Waals surface area contributed by atoms with E-state index in [2.05, 4.69) is 6.92 Å². The predicted molar refractivity (Wildman–Crippen MR) is 52.8 cm³/mol. The van der Waals surface area contributed by atoms with E-state index in [1.165, 1.54) is 0 Å². The normalized spacial score (nSPS) is 42.9. The molecule has 0 unspecified atom stereocenters. The summed E-state index contributed by atoms with van der Waals surface area (Å²) in [5.41, 5.74) is 5.68. The van der Waals surface area contributed by atoms with Crippen molar-refractivity contribution in [3.63, 3.8) is 0 Å². The second-order valence-corrected chi connectivity index (χ2v) is 7.08. The van der Waals surface area contributed by atoms with Crippen LogP contribution in [0, 0.1) is 5.41 Å². The van der Waals surface area contributed by atoms with Crippen LogP contribution in [0.2, 0.25) is 4.28 Å². The summed E-state index contributed by atoms with van der Waals surface area (Å²) in [5.74, 6) is 0. The Kier molecular flexibility index (Phi) is 3.20. The lowest BCUT2D eigenvalue weighted by Crippen LogP contribution is -2.34. The quantitative estimate of drug-likeness (QED) is 0.648. The molecule has 1 rings (SSSR count). The molecule has 0 amide bonds. The molecule has 0 radical (unpaired) electrons. The number of hydrogen-bond donors (Lipinski definition) is 1. The zero-order valence-corrected chi connectivity index (χ0v) is 10.2. The third kappa shape index (κ3) is 2.22. The summed E-state index contributed by atoms with van der Waals surface area (Å²) in [5, 5.41) is 0. The summed E-state index contributed by atoms with van der Waals surface area (Å²) in [7, 11) is 0. The first kappa shape index (κ1) is 10.5. The van der Waals surface area contributed by atoms with Crippen LogP contribution in [0.4, 0.5) is 4.39 Å². The number of rotatable bonds is 2. The lowest BCUT2D eigenvalue weighted by molar-refractivity contribution is 0.138. The van der Waals surface area contributed by atoms with E-state index >= 15 is 0 Å². The smallest absolute Gasteiger partial charge is 0.223 e. The van der Waals surface area contributed by atoms with Gasteiger partial charge in [0.25, 0.3) is 0 Å². The van der Waals surface area contributed by atoms with Crippen molar-refractivity contribution in [3.05, 3.63) is 0 Å². The fourth-order valence-corrected chi connectivity index (χ4v) is 2.29. The van der Waals surface area contributed by atoms with Crippen LogP contribution < -0.4 is 5.73 Å². The first-order chi connectivity index (χ1) is 5.54. The second kappa shape index (κ2) is 3.66. The molecule has 3 heteroatoms. The van der Waals surface area contributed by atoms with Crippen molar-refractivity contribution in [2.45, 2.75) is 36.9 Å². The molecule has 1 nitrogen and oxygen atoms in total. The Morgan fingerprint density at radius 3 is 2.17 bits per heavy atom. The van der Waals surface area contributed by atoms with Crippen LogP contribution in [-0.2, 0) is 0 Å². The maximum absolute atomic E-state index is 12.6. The lowest BCUT2D eigenvalue weighted by Gasteiger charge is -2.41. The highest BCUT2D eigenvalue weighted by atomic mass is 27.0. The van der Waals surface area contributed by atoms with Crippen molar-refractivity contribution >= 4 is 16.3 Å². The molecule has 1 aliphatic carbocycles. The van der Waals surface area contributed by atoms with Gasteiger partial charge in [0.05, 0.1) is 6.67 Å². The molecule has 1 saturated carbocycles. The molecule has 1 aliphatic rings. The van der Waals surface area contributed by atoms with E-state index in [1.54, 1.807) is 0 Å². The second-order valence-electron chi connectivity index (χ2n) is 4.96. The standard InChI is InChI=1S/C9H17FN.Al.2H/c1-9(7-10)4-2-8(6-11)3-5-9;;;/h2-7,11H2,1H3;;;. The number of halogens is 1. The Morgan fingerprint density at radius 1 is 1.33 bits per heavy atom. The molecule has 12 heavy (non-hydrogen) atoms. The van der Waals surface area contributed by atoms with Gasteiger partial charge in [0.15, 0.2) is 0 Å². The minimum atomic E-state index is -0.158. The van der Waals surface area contributed by atoms with E-state index in [0.29, 0.717) is 4.28 Å². The van der Waals surface area contributed by atoms with Crippen molar-refractivity contribution in [3.8, 4) is 0 Å². The van der Waals surface area contributed by atoms with Crippen LogP contribution in [0.25, 0.3) is 0 Å². The van der Waals surface area contributed by atoms with Crippen LogP contribution in [0.5, 0.6) is 0 Å². The fraction of sp³-hybridized carbons (Fsp3) is 1.00. The van der Waals surface area contributed by atoms with E-state index in [4.69, 9.17) is 5.73 Å². The monoisotopic (exact) mass is 187 g/mol. The van der Waals surface area contributed by atoms with Gasteiger partial charge in [0.2, 0.25) is 16.3 Å². The molecule has 0 aromatic carbocycles. The minimum absolute atomic E-state index is 0.0247. The highest BCUT2D eigenvalue weighted by Crippen LogP contribution is 2.47. The molecular formula is C9H19AlFN. The van der Waals surface area contributed by atoms with E-state index in [9.17, 15) is 4.39 Å². The van der Waals surface area contributed by atoms with Gasteiger partial charge in [-0.05, 0) is 24.8 Å². The average molecular weight is 187 g/mol. The molecule has 0 spiro atoms. The molecule has 0 heterocycles. The van der Waals surface area contributed by atoms with Crippen LogP contribution in [-0.4, -0.2) is 29.5 Å². The Hall–Kier alpha value is 0.422. The summed E-state index contributed by atoms with van der Waals surface area (Å²) in [4.78, 5) is 0. The Balaban J connectivity index is 2.49. The molecule has 0 aromatic heterocycles. The zero-order valence-electron chi connectivity index (χ0n) is 8.20. The average Bonchev–Trinajstić information content (AvgIpc) is 2.11. The van der Waals surface area contributed by atoms with Crippen molar-refractivity contribution in [1.29, 1.82) is 0 Å². The van der Waals surface area contributed by atoms with Gasteiger partial charge in [0, 0.05) is 0 Å². The molecule has 0 aliphatic heterocycles. The first-order valence-corrected chi connectivity index (χ1v) is 5.80. The molecule has 0 bridgehead atoms. The SMILES string of the molecule is CC1(CF)CC[C]([AlH2])(CN)CC1. The summed E-state index contributed by atoms with van der Waals surface area (Å²) in [6.45, 7) is 2.71. The third-order valence-corrected chi connectivity index (χ3v) is 4.89. The van der Waals surface area contributed by atoms with E-state index in [1.807, 2.05) is 0 Å². The fourth-order valence-electron chi connectivity index (χ4n) is 1.79. The predicted octanol–water partition coefficient (Wildman–Crippen LogP) is 1.29. The Bertz CT molecular complexity index is 135. The van der Waals surface area contributed by atoms with Crippen LogP contribution >= 0.6 is 0 Å². The van der Waals surface area contributed by atoms with Gasteiger partial charge < -0.3 is 5.73 Å². The molecule has 0 atom stereocenters. The highest BCUT2D eigenvalue weighted by Gasteiger charge is 2.36. The summed E-state index contributed by atoms with van der Waals surface area (Å²) in [6.07, 6.45) is 4.36. The van der Waals surface area contributed by atoms with Gasteiger partial charge in [-0.3, -0.25) is 4.39 Å². The molecule has 1 fully saturated rings. The maximum Gasteiger partial charge on any atom is 0.223 e. The highest BCUT2D eigenvalue weighted by molar-refractivity contribution is 6.15. The number of nitrogens with two attached hydrogens (primary N) is 1. The largest absolute Gasteiger partial charge is 0.331 e. The topological polar surface area (TPSA) is 26.0 Å². The van der Waals surface area contributed by atoms with Crippen molar-refractivity contribution in [1.82, 2.24) is 0 Å². The van der Waals surface area contributed by atoms with Gasteiger partial charge in [-0.1, -0.05) is 24.0 Å². The molecule has 0 saturated heterocycles. The molecular weight excluding hydrogens is 168 g/mol. The molecule has 2 N–H and O–H groups in total. The number of hydrogen-bond acceptors (Lipinski definition) is 1. The summed E-state index contributed by atoms with van der Waals surface area (Å²) in [6, 6.07) is 0. The maximum atomic E-state index is 12.6. The van der Waals surface area contributed by atoms with Gasteiger partial charge in [0.1, 0.15) is 0 Å². The molecule has 70 valence electrons. The zero-order chi connectivity index (χ0) is 9.24. The van der Waals surface area contributed by atoms with E-state index in [0.717, 1.165) is 48.5 Å². The molecule has 0 aromatic rings. The van der Waals surface area contributed by atoms with E-state index < -0.39 is 0 Å². The van der Waals surface area contributed by atoms with Crippen LogP contribution in [0.1, 0.15) is 32.6 Å². The van der Waals surface area contributed by atoms with Crippen molar-refractivity contribution in [2.24, 2.45) is 11.1 Å². The lowest BCUT2D eigenvalue weighted by atomic mass is 9.72. The van der Waals surface area contributed by atoms with Gasteiger partial charge in [-0.25, -0.2) is 0 Å². The van der Waals surface area contributed by atoms with Crippen molar-refractivity contribution < 1.29 is 4.39 Å². The van der Waals surface area contributed by atoms with Gasteiger partial charge in [-0.2, -0.15) is 0 Å². The summed E-state index contributed by atoms with van der Waals surface area (Å²) >= 11 is 1.16. The Morgan fingerprint density at radius 2 is 1.83 bits per heavy atom. The first-order valence-electron chi connectivity index (χ1n) is 4.80. The van der Waals surface area contributed by atoms with Crippen molar-refractivity contribution in [2.75, 3.05) is 13.2 Å². The van der Waals surface area contributed by atoms with Gasteiger partial charge in [-0.15, -0.1) is 0 Å². The van der Waals surface area contributed by atoms with Crippen LogP contribution in [0.15, 0.2) is 0 Å². The Labute approximate surface area is 82.3 Å². The minimum Gasteiger partial charge on any atom is -0.331 e. The number of alkyl halides is 1. The third-order valence-electron chi connectivity index (χ3n) is 3.48. The summed E-state index contributed by atoms with van der Waals surface area (Å²) < 4.78 is 13.0.